The number of thiol groups is 1. The number of hydrogen-bond donors (Lipinski definition) is 1. The Kier molecular flexibility index (Phi) is 11.0. The van der Waals surface area contributed by atoms with Gasteiger partial charge in [-0.2, -0.15) is 36.2 Å². The molecule has 0 radical (unpaired) electrons. The summed E-state index contributed by atoms with van der Waals surface area (Å²) in [5, 5.41) is 0. The van der Waals surface area contributed by atoms with E-state index in [1.807, 2.05) is 29.6 Å². The second kappa shape index (κ2) is 12.7. The zero-order valence-corrected chi connectivity index (χ0v) is 20.4. The smallest absolute Gasteiger partial charge is 0.112 e. The molecule has 1 atom stereocenters. The van der Waals surface area contributed by atoms with Crippen molar-refractivity contribution in [2.75, 3.05) is 40.3 Å². The average Bonchev–Trinajstić information content (AvgIpc) is 2.95. The van der Waals surface area contributed by atoms with E-state index in [9.17, 15) is 0 Å². The van der Waals surface area contributed by atoms with E-state index in [1.165, 1.54) is 39.5 Å². The summed E-state index contributed by atoms with van der Waals surface area (Å²) in [4.78, 5) is 0. The zero-order chi connectivity index (χ0) is 19.5. The largest absolute Gasteiger partial charge is 0.179 e. The highest BCUT2D eigenvalue weighted by Crippen LogP contribution is 2.60. The fourth-order valence-electron chi connectivity index (χ4n) is 3.21. The van der Waals surface area contributed by atoms with Crippen LogP contribution in [0, 0.1) is 0 Å². The Balaban J connectivity index is 2.37. The van der Waals surface area contributed by atoms with Gasteiger partial charge in [-0.1, -0.05) is 56.0 Å². The molecule has 1 aromatic rings. The van der Waals surface area contributed by atoms with Gasteiger partial charge in [0.2, 0.25) is 0 Å². The Morgan fingerprint density at radius 2 is 1.74 bits per heavy atom. The summed E-state index contributed by atoms with van der Waals surface area (Å²) in [6.45, 7) is 8.50. The molecule has 1 unspecified atom stereocenters. The van der Waals surface area contributed by atoms with Gasteiger partial charge in [0.25, 0.3) is 0 Å². The molecule has 148 valence electrons. The molecule has 27 heavy (non-hydrogen) atoms. The van der Waals surface area contributed by atoms with Crippen LogP contribution in [-0.4, -0.2) is 40.3 Å². The Morgan fingerprint density at radius 1 is 1.04 bits per heavy atom. The molecule has 0 aliphatic heterocycles. The SMILES string of the molecule is C=CC1=C(/C=C\C)C(SCCSCC)(SCCSCCS)c2ccccc21. The molecule has 0 bridgehead atoms. The number of allylic oxidation sites excluding steroid dienone is 4. The summed E-state index contributed by atoms with van der Waals surface area (Å²) in [6, 6.07) is 8.92. The quantitative estimate of drug-likeness (QED) is 0.189. The van der Waals surface area contributed by atoms with E-state index in [2.05, 4.69) is 93.0 Å². The van der Waals surface area contributed by atoms with Crippen LogP contribution in [-0.2, 0) is 4.08 Å². The van der Waals surface area contributed by atoms with Crippen LogP contribution in [0.1, 0.15) is 25.0 Å². The first kappa shape index (κ1) is 23.5. The third-order valence-electron chi connectivity index (χ3n) is 4.26. The Morgan fingerprint density at radius 3 is 2.37 bits per heavy atom. The lowest BCUT2D eigenvalue weighted by Crippen LogP contribution is -2.20. The van der Waals surface area contributed by atoms with E-state index in [4.69, 9.17) is 0 Å². The minimum Gasteiger partial charge on any atom is -0.179 e. The minimum atomic E-state index is -0.0253. The number of fused-ring (bicyclic) bond motifs is 1. The van der Waals surface area contributed by atoms with Gasteiger partial charge in [-0.3, -0.25) is 0 Å². The number of benzene rings is 1. The molecular formula is C22H30S5. The van der Waals surface area contributed by atoms with E-state index < -0.39 is 0 Å². The molecule has 1 aromatic carbocycles. The van der Waals surface area contributed by atoms with Crippen LogP contribution < -0.4 is 0 Å². The van der Waals surface area contributed by atoms with E-state index in [0.29, 0.717) is 0 Å². The van der Waals surface area contributed by atoms with Gasteiger partial charge in [-0.05, 0) is 40.7 Å². The fraction of sp³-hybridized carbons (Fsp3) is 0.455. The molecule has 2 rings (SSSR count). The maximum Gasteiger partial charge on any atom is 0.112 e. The van der Waals surface area contributed by atoms with Crippen molar-refractivity contribution < 1.29 is 0 Å². The van der Waals surface area contributed by atoms with Crippen molar-refractivity contribution in [3.63, 3.8) is 0 Å². The first-order valence-corrected chi connectivity index (χ1v) is 14.3. The van der Waals surface area contributed by atoms with E-state index in [-0.39, 0.29) is 4.08 Å². The van der Waals surface area contributed by atoms with Crippen LogP contribution in [0.2, 0.25) is 0 Å². The van der Waals surface area contributed by atoms with Gasteiger partial charge in [0.15, 0.2) is 0 Å². The lowest BCUT2D eigenvalue weighted by molar-refractivity contribution is 1.10. The van der Waals surface area contributed by atoms with Crippen molar-refractivity contribution in [1.29, 1.82) is 0 Å². The van der Waals surface area contributed by atoms with E-state index >= 15 is 0 Å². The van der Waals surface area contributed by atoms with Crippen LogP contribution in [0.15, 0.2) is 54.6 Å². The van der Waals surface area contributed by atoms with Gasteiger partial charge in [0.1, 0.15) is 4.08 Å². The first-order chi connectivity index (χ1) is 13.2. The predicted octanol–water partition coefficient (Wildman–Crippen LogP) is 7.25. The van der Waals surface area contributed by atoms with E-state index in [1.54, 1.807) is 0 Å². The molecule has 0 aromatic heterocycles. The topological polar surface area (TPSA) is 0 Å². The van der Waals surface area contributed by atoms with Crippen molar-refractivity contribution in [2.45, 2.75) is 17.9 Å². The summed E-state index contributed by atoms with van der Waals surface area (Å²) in [6.07, 6.45) is 6.54. The highest BCUT2D eigenvalue weighted by molar-refractivity contribution is 8.18. The third kappa shape index (κ3) is 5.85. The van der Waals surface area contributed by atoms with Crippen LogP contribution in [0.3, 0.4) is 0 Å². The summed E-state index contributed by atoms with van der Waals surface area (Å²) < 4.78 is -0.0253. The van der Waals surface area contributed by atoms with Crippen molar-refractivity contribution >= 4 is 65.2 Å². The molecule has 0 fully saturated rings. The third-order valence-corrected chi connectivity index (χ3v) is 10.4. The van der Waals surface area contributed by atoms with Crippen LogP contribution in [0.4, 0.5) is 0 Å². The average molecular weight is 455 g/mol. The standard InChI is InChI=1S/C22H30S5/c1-4-9-20-18(5-2)19-10-7-8-11-21(19)22(20,26-16-14-24-6-3)27-17-15-25-13-12-23/h4-5,7-11,23H,2,6,12-17H2,1,3H3/b9-4-. The Bertz CT molecular complexity index is 664. The number of hydrogen-bond acceptors (Lipinski definition) is 5. The summed E-state index contributed by atoms with van der Waals surface area (Å²) >= 11 is 12.6. The monoisotopic (exact) mass is 454 g/mol. The Labute approximate surface area is 188 Å². The number of thioether (sulfide) groups is 4. The second-order valence-corrected chi connectivity index (χ2v) is 11.9. The summed E-state index contributed by atoms with van der Waals surface area (Å²) in [7, 11) is 0. The minimum absolute atomic E-state index is 0.0253. The van der Waals surface area contributed by atoms with Gasteiger partial charge in [-0.15, -0.1) is 23.5 Å². The fourth-order valence-corrected chi connectivity index (χ4v) is 8.57. The molecule has 0 heterocycles. The van der Waals surface area contributed by atoms with Crippen molar-refractivity contribution in [3.8, 4) is 0 Å². The first-order valence-electron chi connectivity index (χ1n) is 9.39. The highest BCUT2D eigenvalue weighted by Gasteiger charge is 2.44. The van der Waals surface area contributed by atoms with Crippen molar-refractivity contribution in [3.05, 3.63) is 65.8 Å². The van der Waals surface area contributed by atoms with Crippen molar-refractivity contribution in [2.24, 2.45) is 0 Å². The van der Waals surface area contributed by atoms with Crippen LogP contribution >= 0.6 is 59.7 Å². The molecule has 0 N–H and O–H groups in total. The molecule has 5 heteroatoms. The Hall–Kier alpha value is 0.190. The number of rotatable bonds is 13. The van der Waals surface area contributed by atoms with Gasteiger partial charge in [0, 0.05) is 28.8 Å². The van der Waals surface area contributed by atoms with Gasteiger partial charge in [0.05, 0.1) is 0 Å². The molecule has 0 nitrogen and oxygen atoms in total. The summed E-state index contributed by atoms with van der Waals surface area (Å²) in [5.74, 6) is 7.95. The maximum atomic E-state index is 4.33. The second-order valence-electron chi connectivity index (χ2n) is 5.92. The lowest BCUT2D eigenvalue weighted by Gasteiger charge is -2.32. The highest BCUT2D eigenvalue weighted by atomic mass is 32.2. The zero-order valence-electron chi connectivity index (χ0n) is 16.3. The van der Waals surface area contributed by atoms with Crippen LogP contribution in [0.5, 0.6) is 0 Å². The molecule has 0 saturated carbocycles. The maximum absolute atomic E-state index is 4.33. The van der Waals surface area contributed by atoms with Gasteiger partial charge < -0.3 is 0 Å². The van der Waals surface area contributed by atoms with Crippen LogP contribution in [0.25, 0.3) is 5.57 Å². The molecule has 0 amide bonds. The lowest BCUT2D eigenvalue weighted by atomic mass is 10.1. The molecule has 0 spiro atoms. The van der Waals surface area contributed by atoms with Gasteiger partial charge >= 0.3 is 0 Å². The molecule has 0 saturated heterocycles. The normalized spacial score (nSPS) is 19.1. The van der Waals surface area contributed by atoms with Crippen molar-refractivity contribution in [1.82, 2.24) is 0 Å². The molecule has 1 aliphatic rings. The predicted molar refractivity (Wildman–Crippen MR) is 139 cm³/mol. The molecule has 1 aliphatic carbocycles. The van der Waals surface area contributed by atoms with E-state index in [0.717, 1.165) is 23.0 Å². The van der Waals surface area contributed by atoms with Gasteiger partial charge in [-0.25, -0.2) is 0 Å². The summed E-state index contributed by atoms with van der Waals surface area (Å²) in [5.41, 5.74) is 5.52. The molecular weight excluding hydrogens is 425 g/mol.